The minimum Gasteiger partial charge on any atom is -0.323 e. The van der Waals surface area contributed by atoms with Crippen LogP contribution in [-0.2, 0) is 16.3 Å². The van der Waals surface area contributed by atoms with Crippen LogP contribution in [0, 0.1) is 0 Å². The van der Waals surface area contributed by atoms with E-state index >= 15 is 0 Å². The Labute approximate surface area is 146 Å². The molecular formula is C20H33NO3. The minimum atomic E-state index is -0.398. The normalized spacial score (nSPS) is 23.7. The molecule has 0 radical (unpaired) electrons. The van der Waals surface area contributed by atoms with Gasteiger partial charge in [-0.1, -0.05) is 68.3 Å². The smallest absolute Gasteiger partial charge is 0.103 e. The average molecular weight is 335 g/mol. The van der Waals surface area contributed by atoms with Crippen LogP contribution in [0.1, 0.15) is 81.8 Å². The number of unbranched alkanes of at least 4 members (excludes halogenated alkanes) is 5. The van der Waals surface area contributed by atoms with Gasteiger partial charge in [0.05, 0.1) is 0 Å². The quantitative estimate of drug-likeness (QED) is 0.340. The van der Waals surface area contributed by atoms with Gasteiger partial charge in [-0.25, -0.2) is 10.1 Å². The van der Waals surface area contributed by atoms with Gasteiger partial charge in [0, 0.05) is 5.54 Å². The van der Waals surface area contributed by atoms with Crippen LogP contribution in [0.5, 0.6) is 0 Å². The summed E-state index contributed by atoms with van der Waals surface area (Å²) in [6, 6.07) is 9.05. The molecule has 0 aliphatic heterocycles. The summed E-state index contributed by atoms with van der Waals surface area (Å²) in [6.07, 6.45) is 12.1. The Morgan fingerprint density at radius 1 is 1.12 bits per heavy atom. The molecule has 1 aromatic carbocycles. The zero-order chi connectivity index (χ0) is 17.3. The summed E-state index contributed by atoms with van der Waals surface area (Å²) >= 11 is 0. The van der Waals surface area contributed by atoms with Gasteiger partial charge in [0.2, 0.25) is 0 Å². The van der Waals surface area contributed by atoms with Gasteiger partial charge in [0.15, 0.2) is 0 Å². The predicted molar refractivity (Wildman–Crippen MR) is 96.7 cm³/mol. The number of nitrogens with two attached hydrogens (primary N) is 1. The van der Waals surface area contributed by atoms with Gasteiger partial charge >= 0.3 is 0 Å². The van der Waals surface area contributed by atoms with Crippen molar-refractivity contribution < 1.29 is 15.2 Å². The Hall–Kier alpha value is -0.940. The summed E-state index contributed by atoms with van der Waals surface area (Å²) < 4.78 is 0. The first-order chi connectivity index (χ1) is 11.7. The van der Waals surface area contributed by atoms with Crippen LogP contribution in [0.25, 0.3) is 0 Å². The maximum Gasteiger partial charge on any atom is 0.103 e. The Kier molecular flexibility index (Phi) is 8.19. The number of rotatable bonds is 11. The third kappa shape index (κ3) is 6.17. The molecule has 0 aromatic heterocycles. The van der Waals surface area contributed by atoms with Gasteiger partial charge in [-0.05, 0) is 49.1 Å². The predicted octanol–water partition coefficient (Wildman–Crippen LogP) is 4.98. The van der Waals surface area contributed by atoms with E-state index in [0.29, 0.717) is 5.92 Å². The van der Waals surface area contributed by atoms with E-state index in [1.165, 1.54) is 56.1 Å². The molecule has 4 heteroatoms. The van der Waals surface area contributed by atoms with Crippen molar-refractivity contribution >= 4 is 0 Å². The molecule has 3 N–H and O–H groups in total. The second-order valence-electron chi connectivity index (χ2n) is 7.40. The van der Waals surface area contributed by atoms with Gasteiger partial charge in [-0.3, -0.25) is 0 Å². The van der Waals surface area contributed by atoms with Crippen molar-refractivity contribution in [3.8, 4) is 0 Å². The van der Waals surface area contributed by atoms with Crippen molar-refractivity contribution in [1.29, 1.82) is 0 Å². The Bertz CT molecular complexity index is 462. The zero-order valence-electron chi connectivity index (χ0n) is 15.0. The fourth-order valence-corrected chi connectivity index (χ4v) is 3.78. The molecule has 1 aromatic rings. The summed E-state index contributed by atoms with van der Waals surface area (Å²) in [6.45, 7) is 2.49. The highest BCUT2D eigenvalue weighted by Gasteiger charge is 2.37. The van der Waals surface area contributed by atoms with E-state index in [1.54, 1.807) is 0 Å². The van der Waals surface area contributed by atoms with Crippen LogP contribution in [0.4, 0.5) is 0 Å². The molecule has 1 aliphatic rings. The van der Waals surface area contributed by atoms with Crippen LogP contribution in [0.2, 0.25) is 0 Å². The van der Waals surface area contributed by atoms with Gasteiger partial charge in [-0.2, -0.15) is 0 Å². The van der Waals surface area contributed by atoms with Gasteiger partial charge in [-0.15, -0.1) is 0 Å². The second kappa shape index (κ2) is 10.1. The van der Waals surface area contributed by atoms with E-state index in [9.17, 15) is 0 Å². The molecule has 0 spiro atoms. The van der Waals surface area contributed by atoms with Crippen molar-refractivity contribution in [2.45, 2.75) is 82.6 Å². The third-order valence-electron chi connectivity index (χ3n) is 5.31. The lowest BCUT2D eigenvalue weighted by atomic mass is 9.92. The lowest BCUT2D eigenvalue weighted by molar-refractivity contribution is -0.493. The van der Waals surface area contributed by atoms with Crippen molar-refractivity contribution in [2.75, 3.05) is 6.61 Å². The number of hydrogen-bond acceptors (Lipinski definition) is 4. The van der Waals surface area contributed by atoms with Crippen LogP contribution in [-0.4, -0.2) is 17.4 Å². The second-order valence-corrected chi connectivity index (χ2v) is 7.40. The Morgan fingerprint density at radius 2 is 1.83 bits per heavy atom. The molecule has 24 heavy (non-hydrogen) atoms. The van der Waals surface area contributed by atoms with Gasteiger partial charge in [0.25, 0.3) is 0 Å². The third-order valence-corrected chi connectivity index (χ3v) is 5.31. The summed E-state index contributed by atoms with van der Waals surface area (Å²) in [7, 11) is 0. The fraction of sp³-hybridized carbons (Fsp3) is 0.700. The topological polar surface area (TPSA) is 64.7 Å². The number of hydrogen-bond donors (Lipinski definition) is 2. The standard InChI is InChI=1S/C20H33NO3/c1-2-3-4-5-6-7-8-17-9-11-18(12-10-17)19-13-14-20(21,15-19)16-23-24-22/h9-12,19,22H,2-8,13-16,21H2,1H3. The first-order valence-corrected chi connectivity index (χ1v) is 9.47. The van der Waals surface area contributed by atoms with Crippen LogP contribution >= 0.6 is 0 Å². The first kappa shape index (κ1) is 19.4. The number of aryl methyl sites for hydroxylation is 1. The van der Waals surface area contributed by atoms with Crippen LogP contribution < -0.4 is 5.73 Å². The lowest BCUT2D eigenvalue weighted by Crippen LogP contribution is -2.41. The highest BCUT2D eigenvalue weighted by molar-refractivity contribution is 5.27. The highest BCUT2D eigenvalue weighted by atomic mass is 17.5. The summed E-state index contributed by atoms with van der Waals surface area (Å²) in [5, 5.41) is 12.0. The largest absolute Gasteiger partial charge is 0.323 e. The van der Waals surface area contributed by atoms with E-state index in [2.05, 4.69) is 41.1 Å². The van der Waals surface area contributed by atoms with Crippen LogP contribution in [0.3, 0.4) is 0 Å². The van der Waals surface area contributed by atoms with E-state index in [4.69, 9.17) is 11.0 Å². The van der Waals surface area contributed by atoms with Gasteiger partial charge in [0.1, 0.15) is 6.61 Å². The van der Waals surface area contributed by atoms with E-state index in [0.717, 1.165) is 19.3 Å². The zero-order valence-corrected chi connectivity index (χ0v) is 15.0. The highest BCUT2D eigenvalue weighted by Crippen LogP contribution is 2.39. The molecule has 1 aliphatic carbocycles. The van der Waals surface area contributed by atoms with Crippen molar-refractivity contribution in [2.24, 2.45) is 5.73 Å². The van der Waals surface area contributed by atoms with Crippen molar-refractivity contribution in [3.05, 3.63) is 35.4 Å². The maximum atomic E-state index is 8.31. The molecular weight excluding hydrogens is 302 g/mol. The summed E-state index contributed by atoms with van der Waals surface area (Å²) in [4.78, 5) is 4.63. The molecule has 2 atom stereocenters. The molecule has 1 saturated carbocycles. The number of benzene rings is 1. The van der Waals surface area contributed by atoms with Gasteiger partial charge < -0.3 is 5.73 Å². The molecule has 0 heterocycles. The van der Waals surface area contributed by atoms with Crippen molar-refractivity contribution in [1.82, 2.24) is 0 Å². The Morgan fingerprint density at radius 3 is 2.54 bits per heavy atom. The summed E-state index contributed by atoms with van der Waals surface area (Å²) in [5.41, 5.74) is 8.70. The Balaban J connectivity index is 1.74. The molecule has 2 rings (SSSR count). The lowest BCUT2D eigenvalue weighted by Gasteiger charge is -2.22. The average Bonchev–Trinajstić information content (AvgIpc) is 2.99. The molecule has 1 fully saturated rings. The molecule has 0 bridgehead atoms. The minimum absolute atomic E-state index is 0.232. The van der Waals surface area contributed by atoms with Crippen LogP contribution in [0.15, 0.2) is 24.3 Å². The monoisotopic (exact) mass is 335 g/mol. The maximum absolute atomic E-state index is 8.31. The molecule has 2 unspecified atom stereocenters. The summed E-state index contributed by atoms with van der Waals surface area (Å²) in [5.74, 6) is 0.473. The molecule has 136 valence electrons. The first-order valence-electron chi connectivity index (χ1n) is 9.47. The molecule has 0 saturated heterocycles. The fourth-order valence-electron chi connectivity index (χ4n) is 3.78. The SMILES string of the molecule is CCCCCCCCc1ccc(C2CCC(N)(COOO)C2)cc1. The van der Waals surface area contributed by atoms with E-state index < -0.39 is 5.54 Å². The van der Waals surface area contributed by atoms with E-state index in [-0.39, 0.29) is 6.61 Å². The van der Waals surface area contributed by atoms with Crippen molar-refractivity contribution in [3.63, 3.8) is 0 Å². The van der Waals surface area contributed by atoms with E-state index in [1.807, 2.05) is 0 Å². The molecule has 0 amide bonds. The molecule has 4 nitrogen and oxygen atoms in total.